The van der Waals surface area contributed by atoms with Gasteiger partial charge in [-0.1, -0.05) is 40.9 Å². The number of hydrogen-bond acceptors (Lipinski definition) is 5. The lowest BCUT2D eigenvalue weighted by molar-refractivity contribution is -0.384. The van der Waals surface area contributed by atoms with Crippen LogP contribution in [0.4, 0.5) is 14.9 Å². The summed E-state index contributed by atoms with van der Waals surface area (Å²) in [5.41, 5.74) is -0.241. The molecule has 2 aromatic rings. The summed E-state index contributed by atoms with van der Waals surface area (Å²) in [5.74, 6) is -1.34. The van der Waals surface area contributed by atoms with Crippen LogP contribution in [0, 0.1) is 15.9 Å². The Morgan fingerprint density at radius 1 is 1.14 bits per heavy atom. The smallest absolute Gasteiger partial charge is 0.268 e. The minimum Gasteiger partial charge on any atom is -0.268 e. The molecule has 1 saturated heterocycles. The maximum atomic E-state index is 14.0. The standard InChI is InChI=1S/C17H8Cl3FN2O4S/c18-10-2-1-3-13(21)9(10)7-22-16(24)15(28-17(22)25)5-8-4-14(23(26)27)12(20)6-11(8)19/h1-6H,7H2/b15-5-. The molecule has 0 unspecified atom stereocenters. The molecule has 0 N–H and O–H groups in total. The molecule has 1 aliphatic rings. The van der Waals surface area contributed by atoms with Gasteiger partial charge in [0, 0.05) is 27.2 Å². The highest BCUT2D eigenvalue weighted by Crippen LogP contribution is 2.37. The third-order valence-corrected chi connectivity index (χ3v) is 5.69. The van der Waals surface area contributed by atoms with Crippen LogP contribution in [0.2, 0.25) is 15.1 Å². The minimum absolute atomic E-state index is 0.00730. The number of carbonyl (C=O) groups is 2. The van der Waals surface area contributed by atoms with E-state index in [1.165, 1.54) is 30.3 Å². The van der Waals surface area contributed by atoms with Gasteiger partial charge in [0.25, 0.3) is 16.8 Å². The summed E-state index contributed by atoms with van der Waals surface area (Å²) in [5, 5.41) is 10.4. The molecule has 0 spiro atoms. The number of nitrogens with zero attached hydrogens (tertiary/aromatic N) is 2. The molecule has 6 nitrogen and oxygen atoms in total. The Labute approximate surface area is 177 Å². The highest BCUT2D eigenvalue weighted by molar-refractivity contribution is 8.18. The number of nitro groups is 1. The van der Waals surface area contributed by atoms with Crippen molar-refractivity contribution in [2.75, 3.05) is 0 Å². The van der Waals surface area contributed by atoms with Crippen molar-refractivity contribution in [1.29, 1.82) is 0 Å². The molecule has 1 fully saturated rings. The van der Waals surface area contributed by atoms with E-state index in [1.807, 2.05) is 0 Å². The first kappa shape index (κ1) is 20.6. The monoisotopic (exact) mass is 460 g/mol. The van der Waals surface area contributed by atoms with Crippen LogP contribution >= 0.6 is 46.6 Å². The zero-order valence-corrected chi connectivity index (χ0v) is 16.7. The maximum absolute atomic E-state index is 14.0. The summed E-state index contributed by atoms with van der Waals surface area (Å²) in [6.45, 7) is -0.345. The van der Waals surface area contributed by atoms with E-state index in [2.05, 4.69) is 0 Å². The largest absolute Gasteiger partial charge is 0.293 e. The Kier molecular flexibility index (Phi) is 5.95. The normalized spacial score (nSPS) is 15.6. The third kappa shape index (κ3) is 4.00. The van der Waals surface area contributed by atoms with Crippen molar-refractivity contribution in [2.24, 2.45) is 0 Å². The van der Waals surface area contributed by atoms with Crippen molar-refractivity contribution in [3.8, 4) is 0 Å². The highest BCUT2D eigenvalue weighted by atomic mass is 35.5. The minimum atomic E-state index is -0.693. The molecule has 1 aliphatic heterocycles. The topological polar surface area (TPSA) is 80.5 Å². The van der Waals surface area contributed by atoms with E-state index in [0.29, 0.717) is 11.8 Å². The molecular weight excluding hydrogens is 454 g/mol. The van der Waals surface area contributed by atoms with Crippen LogP contribution in [0.5, 0.6) is 0 Å². The lowest BCUT2D eigenvalue weighted by Crippen LogP contribution is -2.28. The van der Waals surface area contributed by atoms with Crippen molar-refractivity contribution >= 4 is 69.5 Å². The third-order valence-electron chi connectivity index (χ3n) is 3.80. The molecule has 11 heteroatoms. The lowest BCUT2D eigenvalue weighted by atomic mass is 10.1. The molecule has 0 radical (unpaired) electrons. The Morgan fingerprint density at radius 2 is 1.86 bits per heavy atom. The molecule has 0 aromatic heterocycles. The highest BCUT2D eigenvalue weighted by Gasteiger charge is 2.36. The number of rotatable bonds is 4. The molecule has 0 aliphatic carbocycles. The SMILES string of the molecule is O=C1S/C(=C\c2cc([N+](=O)[O-])c(Cl)cc2Cl)C(=O)N1Cc1c(F)cccc1Cl. The average Bonchev–Trinajstić information content (AvgIpc) is 2.87. The average molecular weight is 462 g/mol. The van der Waals surface area contributed by atoms with Crippen LogP contribution in [0.15, 0.2) is 35.2 Å². The number of benzene rings is 2. The Balaban J connectivity index is 1.94. The van der Waals surface area contributed by atoms with E-state index < -0.39 is 27.6 Å². The summed E-state index contributed by atoms with van der Waals surface area (Å²) in [7, 11) is 0. The number of imide groups is 1. The molecule has 3 rings (SSSR count). The number of nitro benzene ring substituents is 1. The predicted molar refractivity (Wildman–Crippen MR) is 106 cm³/mol. The first-order chi connectivity index (χ1) is 13.2. The molecular formula is C17H8Cl3FN2O4S. The molecule has 2 aromatic carbocycles. The van der Waals surface area contributed by atoms with Gasteiger partial charge in [-0.2, -0.15) is 0 Å². The second-order valence-electron chi connectivity index (χ2n) is 5.55. The van der Waals surface area contributed by atoms with Gasteiger partial charge in [-0.15, -0.1) is 0 Å². The van der Waals surface area contributed by atoms with E-state index in [4.69, 9.17) is 34.8 Å². The van der Waals surface area contributed by atoms with E-state index >= 15 is 0 Å². The predicted octanol–water partition coefficient (Wildman–Crippen LogP) is 5.93. The van der Waals surface area contributed by atoms with Gasteiger partial charge in [0.1, 0.15) is 10.8 Å². The van der Waals surface area contributed by atoms with Gasteiger partial charge in [0.05, 0.1) is 16.4 Å². The van der Waals surface area contributed by atoms with Crippen LogP contribution in [-0.4, -0.2) is 21.0 Å². The van der Waals surface area contributed by atoms with Crippen molar-refractivity contribution in [3.63, 3.8) is 0 Å². The molecule has 2 amide bonds. The summed E-state index contributed by atoms with van der Waals surface area (Å²) >= 11 is 18.4. The fraction of sp³-hybridized carbons (Fsp3) is 0.0588. The molecule has 144 valence electrons. The van der Waals surface area contributed by atoms with Crippen molar-refractivity contribution in [3.05, 3.63) is 77.4 Å². The van der Waals surface area contributed by atoms with Gasteiger partial charge >= 0.3 is 0 Å². The summed E-state index contributed by atoms with van der Waals surface area (Å²) < 4.78 is 14.0. The van der Waals surface area contributed by atoms with Crippen molar-refractivity contribution < 1.29 is 18.9 Å². The summed E-state index contributed by atoms with van der Waals surface area (Å²) in [6, 6.07) is 6.30. The summed E-state index contributed by atoms with van der Waals surface area (Å²) in [4.78, 5) is 36.0. The Bertz CT molecular complexity index is 1040. The number of carbonyl (C=O) groups excluding carboxylic acids is 2. The number of thioether (sulfide) groups is 1. The summed E-state index contributed by atoms with van der Waals surface area (Å²) in [6.07, 6.45) is 1.25. The Hall–Kier alpha value is -2.13. The van der Waals surface area contributed by atoms with Gasteiger partial charge in [-0.25, -0.2) is 4.39 Å². The van der Waals surface area contributed by atoms with Gasteiger partial charge in [0.15, 0.2) is 0 Å². The van der Waals surface area contributed by atoms with Gasteiger partial charge < -0.3 is 0 Å². The van der Waals surface area contributed by atoms with E-state index in [-0.39, 0.29) is 37.6 Å². The maximum Gasteiger partial charge on any atom is 0.293 e. The van der Waals surface area contributed by atoms with Crippen LogP contribution < -0.4 is 0 Å². The fourth-order valence-electron chi connectivity index (χ4n) is 2.42. The van der Waals surface area contributed by atoms with Crippen LogP contribution in [0.3, 0.4) is 0 Å². The number of amides is 2. The van der Waals surface area contributed by atoms with Crippen LogP contribution in [0.1, 0.15) is 11.1 Å². The quantitative estimate of drug-likeness (QED) is 0.320. The van der Waals surface area contributed by atoms with E-state index in [0.717, 1.165) is 11.0 Å². The molecule has 1 heterocycles. The Morgan fingerprint density at radius 3 is 2.50 bits per heavy atom. The van der Waals surface area contributed by atoms with Gasteiger partial charge in [0.2, 0.25) is 0 Å². The first-order valence-corrected chi connectivity index (χ1v) is 9.45. The fourth-order valence-corrected chi connectivity index (χ4v) is 3.98. The van der Waals surface area contributed by atoms with Crippen molar-refractivity contribution in [1.82, 2.24) is 4.90 Å². The van der Waals surface area contributed by atoms with Gasteiger partial charge in [-0.3, -0.25) is 24.6 Å². The zero-order valence-electron chi connectivity index (χ0n) is 13.6. The molecule has 28 heavy (non-hydrogen) atoms. The second-order valence-corrected chi connectivity index (χ2v) is 7.77. The van der Waals surface area contributed by atoms with E-state index in [1.54, 1.807) is 0 Å². The zero-order chi connectivity index (χ0) is 20.6. The molecule has 0 bridgehead atoms. The van der Waals surface area contributed by atoms with E-state index in [9.17, 15) is 24.1 Å². The van der Waals surface area contributed by atoms with Crippen molar-refractivity contribution in [2.45, 2.75) is 6.54 Å². The van der Waals surface area contributed by atoms with Gasteiger partial charge in [-0.05, 0) is 36.0 Å². The second kappa shape index (κ2) is 8.08. The number of halogens is 4. The number of hydrogen-bond donors (Lipinski definition) is 0. The van der Waals surface area contributed by atoms with Crippen LogP contribution in [-0.2, 0) is 11.3 Å². The molecule has 0 saturated carbocycles. The van der Waals surface area contributed by atoms with Crippen LogP contribution in [0.25, 0.3) is 6.08 Å². The lowest BCUT2D eigenvalue weighted by Gasteiger charge is -2.14. The molecule has 0 atom stereocenters. The first-order valence-electron chi connectivity index (χ1n) is 7.50.